The Kier molecular flexibility index (Phi) is 6.19. The normalized spacial score (nSPS) is 18.4. The second-order valence-corrected chi connectivity index (χ2v) is 7.25. The minimum Gasteiger partial charge on any atom is -0.462 e. The van der Waals surface area contributed by atoms with E-state index in [2.05, 4.69) is 0 Å². The van der Waals surface area contributed by atoms with Crippen LogP contribution in [0.4, 0.5) is 4.39 Å². The summed E-state index contributed by atoms with van der Waals surface area (Å²) in [6.45, 7) is 1.67. The number of ether oxygens (including phenoxy) is 2. The number of nitriles is 1. The van der Waals surface area contributed by atoms with Gasteiger partial charge in [-0.3, -0.25) is 4.79 Å². The van der Waals surface area contributed by atoms with Crippen LogP contribution in [0.25, 0.3) is 0 Å². The van der Waals surface area contributed by atoms with Crippen LogP contribution < -0.4 is 0 Å². The number of benzene rings is 2. The fraction of sp³-hybridized carbons (Fsp3) is 0.318. The van der Waals surface area contributed by atoms with E-state index in [4.69, 9.17) is 26.3 Å². The van der Waals surface area contributed by atoms with Crippen LogP contribution in [-0.4, -0.2) is 24.6 Å². The molecular weight excluding hydrogens is 397 g/mol. The molecule has 0 aliphatic heterocycles. The fourth-order valence-corrected chi connectivity index (χ4v) is 3.96. The van der Waals surface area contributed by atoms with E-state index in [1.54, 1.807) is 31.2 Å². The van der Waals surface area contributed by atoms with Crippen LogP contribution in [-0.2, 0) is 30.9 Å². The molecule has 1 aliphatic carbocycles. The lowest BCUT2D eigenvalue weighted by Gasteiger charge is -2.30. The third kappa shape index (κ3) is 4.25. The van der Waals surface area contributed by atoms with Crippen molar-refractivity contribution in [2.45, 2.75) is 37.7 Å². The first-order chi connectivity index (χ1) is 13.9. The molecule has 2 aromatic carbocycles. The lowest BCUT2D eigenvalue weighted by molar-refractivity contribution is -0.164. The van der Waals surface area contributed by atoms with Crippen molar-refractivity contribution in [3.63, 3.8) is 0 Å². The molecule has 2 atom stereocenters. The van der Waals surface area contributed by atoms with Gasteiger partial charge in [0.2, 0.25) is 0 Å². The average molecular weight is 416 g/mol. The van der Waals surface area contributed by atoms with Gasteiger partial charge >= 0.3 is 11.9 Å². The number of hydrogen-bond acceptors (Lipinski definition) is 5. The molecule has 2 aromatic rings. The van der Waals surface area contributed by atoms with Crippen LogP contribution in [0.5, 0.6) is 0 Å². The molecule has 5 nitrogen and oxygen atoms in total. The molecule has 0 N–H and O–H groups in total. The highest BCUT2D eigenvalue weighted by Crippen LogP contribution is 2.47. The van der Waals surface area contributed by atoms with Crippen LogP contribution in [0.15, 0.2) is 42.5 Å². The minimum absolute atomic E-state index is 0.0716. The Morgan fingerprint density at radius 2 is 2.00 bits per heavy atom. The Bertz CT molecular complexity index is 970. The van der Waals surface area contributed by atoms with Crippen molar-refractivity contribution in [1.29, 1.82) is 5.26 Å². The molecule has 0 bridgehead atoms. The van der Waals surface area contributed by atoms with Crippen molar-refractivity contribution in [3.8, 4) is 6.07 Å². The third-order valence-corrected chi connectivity index (χ3v) is 5.37. The Labute approximate surface area is 173 Å². The van der Waals surface area contributed by atoms with Gasteiger partial charge in [0.05, 0.1) is 13.0 Å². The molecule has 7 heteroatoms. The zero-order valence-electron chi connectivity index (χ0n) is 15.8. The summed E-state index contributed by atoms with van der Waals surface area (Å²) >= 11 is 6.01. The van der Waals surface area contributed by atoms with Crippen molar-refractivity contribution in [2.24, 2.45) is 0 Å². The first-order valence-corrected chi connectivity index (χ1v) is 9.58. The molecular formula is C22H19ClFNO4. The van der Waals surface area contributed by atoms with Gasteiger partial charge in [0.15, 0.2) is 0 Å². The molecule has 3 rings (SSSR count). The number of rotatable bonds is 6. The quantitative estimate of drug-likeness (QED) is 0.664. The molecule has 0 heterocycles. The van der Waals surface area contributed by atoms with Gasteiger partial charge in [0.1, 0.15) is 11.9 Å². The van der Waals surface area contributed by atoms with Gasteiger partial charge in [0.25, 0.3) is 6.10 Å². The van der Waals surface area contributed by atoms with Crippen molar-refractivity contribution < 1.29 is 23.5 Å². The number of esters is 2. The predicted molar refractivity (Wildman–Crippen MR) is 104 cm³/mol. The van der Waals surface area contributed by atoms with Crippen molar-refractivity contribution in [1.82, 2.24) is 0 Å². The standard InChI is InChI=1S/C22H19ClFNO4/c1-2-28-21(27)19(13-25)29-20(26)12-22(15-3-5-16(23)6-4-15)10-9-14-11-17(24)7-8-18(14)22/h3-8,11,19H,2,9-10,12H2,1H3. The molecule has 0 saturated carbocycles. The van der Waals surface area contributed by atoms with E-state index in [0.29, 0.717) is 17.9 Å². The van der Waals surface area contributed by atoms with Crippen LogP contribution in [0.2, 0.25) is 5.02 Å². The number of nitrogens with zero attached hydrogens (tertiary/aromatic N) is 1. The first-order valence-electron chi connectivity index (χ1n) is 9.20. The lowest BCUT2D eigenvalue weighted by atomic mass is 9.73. The van der Waals surface area contributed by atoms with Crippen LogP contribution in [0.3, 0.4) is 0 Å². The van der Waals surface area contributed by atoms with Crippen LogP contribution >= 0.6 is 11.6 Å². The van der Waals surface area contributed by atoms with Gasteiger partial charge < -0.3 is 9.47 Å². The SMILES string of the molecule is CCOC(=O)C(C#N)OC(=O)CC1(c2ccc(Cl)cc2)CCc2cc(F)ccc21. The van der Waals surface area contributed by atoms with Gasteiger partial charge in [-0.15, -0.1) is 0 Å². The summed E-state index contributed by atoms with van der Waals surface area (Å²) in [6, 6.07) is 13.2. The first kappa shape index (κ1) is 20.8. The van der Waals surface area contributed by atoms with Crippen LogP contribution in [0.1, 0.15) is 36.5 Å². The van der Waals surface area contributed by atoms with Gasteiger partial charge in [-0.05, 0) is 60.7 Å². The van der Waals surface area contributed by atoms with Gasteiger partial charge in [0, 0.05) is 10.4 Å². The van der Waals surface area contributed by atoms with E-state index >= 15 is 0 Å². The lowest BCUT2D eigenvalue weighted by Crippen LogP contribution is -2.33. The molecule has 29 heavy (non-hydrogen) atoms. The zero-order valence-corrected chi connectivity index (χ0v) is 16.5. The second kappa shape index (κ2) is 8.62. The highest BCUT2D eigenvalue weighted by atomic mass is 35.5. The summed E-state index contributed by atoms with van der Waals surface area (Å²) in [4.78, 5) is 24.5. The summed E-state index contributed by atoms with van der Waals surface area (Å²) in [5.41, 5.74) is 1.70. The number of carbonyl (C=O) groups excluding carboxylic acids is 2. The highest BCUT2D eigenvalue weighted by molar-refractivity contribution is 6.30. The Morgan fingerprint density at radius 3 is 2.66 bits per heavy atom. The summed E-state index contributed by atoms with van der Waals surface area (Å²) in [5.74, 6) is -1.96. The van der Waals surface area contributed by atoms with E-state index in [1.807, 2.05) is 12.1 Å². The minimum atomic E-state index is -1.63. The average Bonchev–Trinajstić information content (AvgIpc) is 3.05. The second-order valence-electron chi connectivity index (χ2n) is 6.82. The molecule has 1 aliphatic rings. The number of carbonyl (C=O) groups is 2. The molecule has 2 unspecified atom stereocenters. The molecule has 0 radical (unpaired) electrons. The smallest absolute Gasteiger partial charge is 0.362 e. The van der Waals surface area contributed by atoms with E-state index < -0.39 is 23.5 Å². The summed E-state index contributed by atoms with van der Waals surface area (Å²) in [6.07, 6.45) is -0.592. The third-order valence-electron chi connectivity index (χ3n) is 5.11. The number of fused-ring (bicyclic) bond motifs is 1. The summed E-state index contributed by atoms with van der Waals surface area (Å²) in [7, 11) is 0. The predicted octanol–water partition coefficient (Wildman–Crippen LogP) is 4.10. The van der Waals surface area contributed by atoms with Gasteiger partial charge in [-0.2, -0.15) is 5.26 Å². The zero-order chi connectivity index (χ0) is 21.0. The number of aryl methyl sites for hydroxylation is 1. The number of halogens is 2. The van der Waals surface area contributed by atoms with E-state index in [-0.39, 0.29) is 18.8 Å². The molecule has 0 amide bonds. The van der Waals surface area contributed by atoms with Crippen molar-refractivity contribution >= 4 is 23.5 Å². The molecule has 0 spiro atoms. The van der Waals surface area contributed by atoms with Gasteiger partial charge in [-0.25, -0.2) is 9.18 Å². The largest absolute Gasteiger partial charge is 0.462 e. The maximum absolute atomic E-state index is 13.7. The molecule has 0 saturated heterocycles. The van der Waals surface area contributed by atoms with E-state index in [1.165, 1.54) is 12.1 Å². The number of hydrogen-bond donors (Lipinski definition) is 0. The van der Waals surface area contributed by atoms with Crippen molar-refractivity contribution in [3.05, 3.63) is 70.0 Å². The Hall–Kier alpha value is -2.91. The highest BCUT2D eigenvalue weighted by Gasteiger charge is 2.43. The van der Waals surface area contributed by atoms with Crippen LogP contribution in [0, 0.1) is 17.1 Å². The van der Waals surface area contributed by atoms with E-state index in [9.17, 15) is 14.0 Å². The van der Waals surface area contributed by atoms with Gasteiger partial charge in [-0.1, -0.05) is 29.8 Å². The van der Waals surface area contributed by atoms with Crippen molar-refractivity contribution in [2.75, 3.05) is 6.61 Å². The maximum Gasteiger partial charge on any atom is 0.362 e. The molecule has 0 aromatic heterocycles. The Balaban J connectivity index is 1.94. The molecule has 0 fully saturated rings. The fourth-order valence-electron chi connectivity index (χ4n) is 3.84. The molecule has 150 valence electrons. The topological polar surface area (TPSA) is 76.4 Å². The summed E-state index contributed by atoms with van der Waals surface area (Å²) in [5, 5.41) is 9.70. The summed E-state index contributed by atoms with van der Waals surface area (Å²) < 4.78 is 23.6. The monoisotopic (exact) mass is 415 g/mol. The maximum atomic E-state index is 13.7. The Morgan fingerprint density at radius 1 is 1.28 bits per heavy atom. The van der Waals surface area contributed by atoms with E-state index in [0.717, 1.165) is 16.7 Å².